The van der Waals surface area contributed by atoms with E-state index in [1.807, 2.05) is 0 Å². The van der Waals surface area contributed by atoms with Gasteiger partial charge in [0.1, 0.15) is 0 Å². The smallest absolute Gasteiger partial charge is 0.182 e. The van der Waals surface area contributed by atoms with Gasteiger partial charge in [0, 0.05) is 25.3 Å². The van der Waals surface area contributed by atoms with Gasteiger partial charge >= 0.3 is 0 Å². The predicted molar refractivity (Wildman–Crippen MR) is 37.1 cm³/mol. The SMILES string of the molecule is CC(=O)c1cc(=O)cc[nH]1. The van der Waals surface area contributed by atoms with Crippen LogP contribution in [0.15, 0.2) is 23.1 Å². The number of Topliss-reactive ketones (excluding diaryl/α,β-unsaturated/α-hetero) is 1. The summed E-state index contributed by atoms with van der Waals surface area (Å²) in [5.41, 5.74) is 0.205. The fourth-order valence-electron chi connectivity index (χ4n) is 0.649. The lowest BCUT2D eigenvalue weighted by Crippen LogP contribution is -2.04. The molecular formula is C7H7NO2. The first-order chi connectivity index (χ1) is 4.70. The Morgan fingerprint density at radius 1 is 1.60 bits per heavy atom. The molecule has 0 unspecified atom stereocenters. The van der Waals surface area contributed by atoms with Crippen LogP contribution in [0.4, 0.5) is 0 Å². The van der Waals surface area contributed by atoms with E-state index in [2.05, 4.69) is 4.98 Å². The molecule has 0 saturated carbocycles. The summed E-state index contributed by atoms with van der Waals surface area (Å²) in [4.78, 5) is 23.9. The molecule has 0 fully saturated rings. The van der Waals surface area contributed by atoms with E-state index in [-0.39, 0.29) is 11.2 Å². The van der Waals surface area contributed by atoms with Gasteiger partial charge in [-0.15, -0.1) is 0 Å². The second-order valence-corrected chi connectivity index (χ2v) is 1.99. The summed E-state index contributed by atoms with van der Waals surface area (Å²) in [7, 11) is 0. The van der Waals surface area contributed by atoms with Gasteiger partial charge in [0.2, 0.25) is 0 Å². The zero-order valence-electron chi connectivity index (χ0n) is 5.55. The van der Waals surface area contributed by atoms with Crippen LogP contribution < -0.4 is 5.43 Å². The summed E-state index contributed by atoms with van der Waals surface area (Å²) in [5, 5.41) is 0. The fraction of sp³-hybridized carbons (Fsp3) is 0.143. The van der Waals surface area contributed by atoms with Gasteiger partial charge in [0.25, 0.3) is 0 Å². The first-order valence-electron chi connectivity index (χ1n) is 2.90. The monoisotopic (exact) mass is 137 g/mol. The zero-order chi connectivity index (χ0) is 7.56. The number of aromatic nitrogens is 1. The van der Waals surface area contributed by atoms with Crippen LogP contribution in [-0.2, 0) is 0 Å². The fourth-order valence-corrected chi connectivity index (χ4v) is 0.649. The van der Waals surface area contributed by atoms with E-state index >= 15 is 0 Å². The van der Waals surface area contributed by atoms with E-state index in [9.17, 15) is 9.59 Å². The second-order valence-electron chi connectivity index (χ2n) is 1.99. The average molecular weight is 137 g/mol. The minimum absolute atomic E-state index is 0.127. The number of aromatic amines is 1. The molecule has 0 aliphatic carbocycles. The van der Waals surface area contributed by atoms with Crippen molar-refractivity contribution in [1.29, 1.82) is 0 Å². The van der Waals surface area contributed by atoms with Crippen LogP contribution in [0.25, 0.3) is 0 Å². The van der Waals surface area contributed by atoms with Crippen molar-refractivity contribution in [2.75, 3.05) is 0 Å². The molecule has 0 spiro atoms. The zero-order valence-corrected chi connectivity index (χ0v) is 5.55. The lowest BCUT2D eigenvalue weighted by Gasteiger charge is -1.90. The van der Waals surface area contributed by atoms with Crippen molar-refractivity contribution in [1.82, 2.24) is 4.98 Å². The molecule has 10 heavy (non-hydrogen) atoms. The average Bonchev–Trinajstić information content (AvgIpc) is 1.88. The molecule has 52 valence electrons. The number of pyridine rings is 1. The normalized spacial score (nSPS) is 9.30. The Balaban J connectivity index is 3.20. The molecule has 1 aromatic rings. The molecule has 0 atom stereocenters. The molecule has 0 saturated heterocycles. The molecule has 0 radical (unpaired) electrons. The first-order valence-corrected chi connectivity index (χ1v) is 2.90. The lowest BCUT2D eigenvalue weighted by molar-refractivity contribution is 0.101. The van der Waals surface area contributed by atoms with Crippen molar-refractivity contribution in [3.63, 3.8) is 0 Å². The molecule has 1 aromatic heterocycles. The Hall–Kier alpha value is -1.38. The van der Waals surface area contributed by atoms with Gasteiger partial charge in [-0.25, -0.2) is 0 Å². The van der Waals surface area contributed by atoms with Gasteiger partial charge in [0.05, 0.1) is 5.69 Å². The molecule has 0 aromatic carbocycles. The Bertz CT molecular complexity index is 300. The van der Waals surface area contributed by atoms with Crippen molar-refractivity contribution in [2.24, 2.45) is 0 Å². The highest BCUT2D eigenvalue weighted by molar-refractivity contribution is 5.91. The number of hydrogen-bond acceptors (Lipinski definition) is 2. The Kier molecular flexibility index (Phi) is 1.67. The lowest BCUT2D eigenvalue weighted by atomic mass is 10.3. The molecule has 3 heteroatoms. The van der Waals surface area contributed by atoms with E-state index in [1.54, 1.807) is 0 Å². The maximum atomic E-state index is 10.6. The van der Waals surface area contributed by atoms with Crippen LogP contribution in [0.2, 0.25) is 0 Å². The molecule has 1 N–H and O–H groups in total. The summed E-state index contributed by atoms with van der Waals surface area (Å²) < 4.78 is 0. The maximum Gasteiger partial charge on any atom is 0.182 e. The third-order valence-electron chi connectivity index (χ3n) is 1.15. The molecule has 0 bridgehead atoms. The van der Waals surface area contributed by atoms with Crippen LogP contribution in [0.3, 0.4) is 0 Å². The molecule has 1 heterocycles. The quantitative estimate of drug-likeness (QED) is 0.575. The largest absolute Gasteiger partial charge is 0.359 e. The van der Waals surface area contributed by atoms with Gasteiger partial charge in [-0.05, 0) is 0 Å². The number of H-pyrrole nitrogens is 1. The Morgan fingerprint density at radius 3 is 2.70 bits per heavy atom. The number of rotatable bonds is 1. The second kappa shape index (κ2) is 2.47. The van der Waals surface area contributed by atoms with E-state index in [1.165, 1.54) is 25.3 Å². The van der Waals surface area contributed by atoms with Crippen LogP contribution in [-0.4, -0.2) is 10.8 Å². The highest BCUT2D eigenvalue weighted by Gasteiger charge is 1.96. The maximum absolute atomic E-state index is 10.6. The third-order valence-corrected chi connectivity index (χ3v) is 1.15. The molecule has 0 amide bonds. The number of carbonyl (C=O) groups is 1. The van der Waals surface area contributed by atoms with E-state index in [0.29, 0.717) is 5.69 Å². The van der Waals surface area contributed by atoms with E-state index in [0.717, 1.165) is 0 Å². The van der Waals surface area contributed by atoms with E-state index in [4.69, 9.17) is 0 Å². The molecule has 3 nitrogen and oxygen atoms in total. The Morgan fingerprint density at radius 2 is 2.30 bits per heavy atom. The van der Waals surface area contributed by atoms with Gasteiger partial charge in [-0.1, -0.05) is 0 Å². The minimum atomic E-state index is -0.149. The summed E-state index contributed by atoms with van der Waals surface area (Å²) >= 11 is 0. The number of ketones is 1. The highest BCUT2D eigenvalue weighted by atomic mass is 16.1. The summed E-state index contributed by atoms with van der Waals surface area (Å²) in [5.74, 6) is -0.127. The van der Waals surface area contributed by atoms with Crippen molar-refractivity contribution < 1.29 is 4.79 Å². The van der Waals surface area contributed by atoms with Crippen molar-refractivity contribution in [3.05, 3.63) is 34.2 Å². The molecular weight excluding hydrogens is 130 g/mol. The van der Waals surface area contributed by atoms with Gasteiger partial charge < -0.3 is 4.98 Å². The minimum Gasteiger partial charge on any atom is -0.359 e. The highest BCUT2D eigenvalue weighted by Crippen LogP contribution is 1.88. The third kappa shape index (κ3) is 1.31. The predicted octanol–water partition coefficient (Wildman–Crippen LogP) is 0.577. The van der Waals surface area contributed by atoms with Gasteiger partial charge in [-0.2, -0.15) is 0 Å². The van der Waals surface area contributed by atoms with Crippen LogP contribution in [0.1, 0.15) is 17.4 Å². The van der Waals surface area contributed by atoms with Crippen LogP contribution >= 0.6 is 0 Å². The number of nitrogens with one attached hydrogen (secondary N) is 1. The molecule has 0 aliphatic heterocycles. The number of carbonyl (C=O) groups excluding carboxylic acids is 1. The van der Waals surface area contributed by atoms with E-state index < -0.39 is 0 Å². The van der Waals surface area contributed by atoms with Gasteiger partial charge in [-0.3, -0.25) is 9.59 Å². The first kappa shape index (κ1) is 6.74. The van der Waals surface area contributed by atoms with Crippen LogP contribution in [0.5, 0.6) is 0 Å². The molecule has 1 rings (SSSR count). The number of hydrogen-bond donors (Lipinski definition) is 1. The van der Waals surface area contributed by atoms with Crippen molar-refractivity contribution in [2.45, 2.75) is 6.92 Å². The summed E-state index contributed by atoms with van der Waals surface area (Å²) in [6.07, 6.45) is 1.46. The summed E-state index contributed by atoms with van der Waals surface area (Å²) in [6, 6.07) is 2.65. The topological polar surface area (TPSA) is 49.9 Å². The van der Waals surface area contributed by atoms with Crippen LogP contribution in [0, 0.1) is 0 Å². The standard InChI is InChI=1S/C7H7NO2/c1-5(9)7-4-6(10)2-3-8-7/h2-4H,1H3,(H,8,10). The summed E-state index contributed by atoms with van der Waals surface area (Å²) in [6.45, 7) is 1.41. The molecule has 0 aliphatic rings. The van der Waals surface area contributed by atoms with Crippen molar-refractivity contribution >= 4 is 5.78 Å². The van der Waals surface area contributed by atoms with Crippen molar-refractivity contribution in [3.8, 4) is 0 Å². The van der Waals surface area contributed by atoms with Gasteiger partial charge in [0.15, 0.2) is 11.2 Å². The Labute approximate surface area is 57.7 Å².